The Morgan fingerprint density at radius 1 is 1.24 bits per heavy atom. The van der Waals surface area contributed by atoms with E-state index in [1.54, 1.807) is 13.8 Å². The van der Waals surface area contributed by atoms with Crippen molar-refractivity contribution in [3.63, 3.8) is 0 Å². The van der Waals surface area contributed by atoms with Gasteiger partial charge in [0, 0.05) is 19.6 Å². The summed E-state index contributed by atoms with van der Waals surface area (Å²) in [4.78, 5) is 27.3. The Morgan fingerprint density at radius 3 is 2.48 bits per heavy atom. The van der Waals surface area contributed by atoms with Gasteiger partial charge >= 0.3 is 6.03 Å². The van der Waals surface area contributed by atoms with Gasteiger partial charge in [0.1, 0.15) is 5.54 Å². The zero-order valence-electron chi connectivity index (χ0n) is 13.1. The minimum absolute atomic E-state index is 0.156. The number of carbonyl (C=O) groups is 2. The molecule has 5 nitrogen and oxygen atoms in total. The van der Waals surface area contributed by atoms with Crippen molar-refractivity contribution in [2.75, 3.05) is 20.1 Å². The van der Waals surface area contributed by atoms with Crippen LogP contribution in [-0.4, -0.2) is 47.4 Å². The highest BCUT2D eigenvalue weighted by molar-refractivity contribution is 6.06. The Morgan fingerprint density at radius 2 is 1.90 bits per heavy atom. The van der Waals surface area contributed by atoms with Crippen LogP contribution in [0.25, 0.3) is 0 Å². The molecular weight excluding hydrogens is 266 g/mol. The Labute approximate surface area is 125 Å². The summed E-state index contributed by atoms with van der Waals surface area (Å²) in [6.07, 6.45) is 0. The summed E-state index contributed by atoms with van der Waals surface area (Å²) in [6.45, 7) is 7.41. The van der Waals surface area contributed by atoms with Crippen LogP contribution in [0.3, 0.4) is 0 Å². The molecule has 1 aliphatic heterocycles. The maximum absolute atomic E-state index is 12.1. The molecule has 0 bridgehead atoms. The van der Waals surface area contributed by atoms with Crippen LogP contribution in [0.15, 0.2) is 24.3 Å². The van der Waals surface area contributed by atoms with E-state index in [0.29, 0.717) is 13.1 Å². The number of likely N-dealkylation sites (N-methyl/N-ethyl adjacent to an activating group) is 1. The Balaban J connectivity index is 1.90. The van der Waals surface area contributed by atoms with Crippen LogP contribution in [0.4, 0.5) is 4.79 Å². The highest BCUT2D eigenvalue weighted by Gasteiger charge is 2.43. The molecule has 3 amide bonds. The fourth-order valence-electron chi connectivity index (χ4n) is 2.45. The van der Waals surface area contributed by atoms with Gasteiger partial charge in [0.25, 0.3) is 5.91 Å². The first-order chi connectivity index (χ1) is 9.81. The van der Waals surface area contributed by atoms with E-state index in [9.17, 15) is 9.59 Å². The molecule has 0 atom stereocenters. The molecule has 1 aliphatic rings. The van der Waals surface area contributed by atoms with Gasteiger partial charge in [-0.3, -0.25) is 9.69 Å². The Hall–Kier alpha value is -1.88. The van der Waals surface area contributed by atoms with Crippen LogP contribution in [0.5, 0.6) is 0 Å². The molecule has 1 heterocycles. The lowest BCUT2D eigenvalue weighted by Crippen LogP contribution is -2.41. The quantitative estimate of drug-likeness (QED) is 0.840. The summed E-state index contributed by atoms with van der Waals surface area (Å²) in [5.74, 6) is -0.156. The number of benzene rings is 1. The van der Waals surface area contributed by atoms with Crippen molar-refractivity contribution in [1.29, 1.82) is 0 Å². The molecule has 1 N–H and O–H groups in total. The molecule has 1 saturated heterocycles. The summed E-state index contributed by atoms with van der Waals surface area (Å²) in [5.41, 5.74) is 1.73. The van der Waals surface area contributed by atoms with Gasteiger partial charge in [0.2, 0.25) is 0 Å². The minimum Gasteiger partial charge on any atom is -0.324 e. The second kappa shape index (κ2) is 5.85. The summed E-state index contributed by atoms with van der Waals surface area (Å²) in [7, 11) is 2.00. The maximum Gasteiger partial charge on any atom is 0.325 e. The first-order valence-electron chi connectivity index (χ1n) is 7.18. The molecule has 0 aliphatic carbocycles. The van der Waals surface area contributed by atoms with Crippen LogP contribution in [0.2, 0.25) is 0 Å². The first-order valence-corrected chi connectivity index (χ1v) is 7.18. The highest BCUT2D eigenvalue weighted by Crippen LogP contribution is 2.16. The standard InChI is InChI=1S/C16H23N3O2/c1-12-7-5-6-8-13(12)11-18(4)9-10-19-14(20)16(2,3)17-15(19)21/h5-8H,9-11H2,1-4H3,(H,17,21). The summed E-state index contributed by atoms with van der Waals surface area (Å²) in [6, 6.07) is 7.94. The third kappa shape index (κ3) is 3.42. The molecule has 2 rings (SSSR count). The van der Waals surface area contributed by atoms with Gasteiger partial charge < -0.3 is 10.2 Å². The highest BCUT2D eigenvalue weighted by atomic mass is 16.2. The SMILES string of the molecule is Cc1ccccc1CN(C)CCN1C(=O)NC(C)(C)C1=O. The zero-order chi connectivity index (χ0) is 15.6. The van der Waals surface area contributed by atoms with Crippen molar-refractivity contribution < 1.29 is 9.59 Å². The number of urea groups is 1. The van der Waals surface area contributed by atoms with E-state index in [-0.39, 0.29) is 11.9 Å². The van der Waals surface area contributed by atoms with E-state index < -0.39 is 5.54 Å². The lowest BCUT2D eigenvalue weighted by Gasteiger charge is -2.21. The number of carbonyl (C=O) groups excluding carboxylic acids is 2. The van der Waals surface area contributed by atoms with Crippen molar-refractivity contribution in [3.05, 3.63) is 35.4 Å². The van der Waals surface area contributed by atoms with Gasteiger partial charge in [-0.25, -0.2) is 4.79 Å². The van der Waals surface area contributed by atoms with E-state index in [2.05, 4.69) is 29.3 Å². The average molecular weight is 289 g/mol. The molecule has 1 aromatic rings. The number of amides is 3. The molecule has 0 aromatic heterocycles. The van der Waals surface area contributed by atoms with Crippen LogP contribution >= 0.6 is 0 Å². The molecule has 0 spiro atoms. The molecule has 0 radical (unpaired) electrons. The number of nitrogens with zero attached hydrogens (tertiary/aromatic N) is 2. The van der Waals surface area contributed by atoms with E-state index in [1.807, 2.05) is 19.2 Å². The Kier molecular flexibility index (Phi) is 4.32. The lowest BCUT2D eigenvalue weighted by atomic mass is 10.1. The number of imide groups is 1. The van der Waals surface area contributed by atoms with E-state index in [1.165, 1.54) is 16.0 Å². The maximum atomic E-state index is 12.1. The van der Waals surface area contributed by atoms with Crippen molar-refractivity contribution in [2.45, 2.75) is 32.9 Å². The van der Waals surface area contributed by atoms with Crippen LogP contribution < -0.4 is 5.32 Å². The third-order valence-electron chi connectivity index (χ3n) is 3.85. The molecule has 1 aromatic carbocycles. The van der Waals surface area contributed by atoms with E-state index >= 15 is 0 Å². The van der Waals surface area contributed by atoms with Crippen LogP contribution in [0, 0.1) is 6.92 Å². The van der Waals surface area contributed by atoms with Gasteiger partial charge in [-0.15, -0.1) is 0 Å². The number of nitrogens with one attached hydrogen (secondary N) is 1. The molecule has 21 heavy (non-hydrogen) atoms. The van der Waals surface area contributed by atoms with E-state index in [0.717, 1.165) is 6.54 Å². The first kappa shape index (κ1) is 15.5. The molecule has 1 fully saturated rings. The summed E-state index contributed by atoms with van der Waals surface area (Å²) < 4.78 is 0. The number of hydrogen-bond acceptors (Lipinski definition) is 3. The topological polar surface area (TPSA) is 52.6 Å². The predicted molar refractivity (Wildman–Crippen MR) is 81.8 cm³/mol. The predicted octanol–water partition coefficient (Wildman–Crippen LogP) is 1.76. The zero-order valence-corrected chi connectivity index (χ0v) is 13.1. The second-order valence-corrected chi connectivity index (χ2v) is 6.18. The normalized spacial score (nSPS) is 17.5. The number of hydrogen-bond donors (Lipinski definition) is 1. The molecular formula is C16H23N3O2. The number of rotatable bonds is 5. The fourth-order valence-corrected chi connectivity index (χ4v) is 2.45. The van der Waals surface area contributed by atoms with Gasteiger partial charge in [0.05, 0.1) is 0 Å². The van der Waals surface area contributed by atoms with Gasteiger partial charge in [-0.2, -0.15) is 0 Å². The second-order valence-electron chi connectivity index (χ2n) is 6.18. The van der Waals surface area contributed by atoms with Crippen LogP contribution in [-0.2, 0) is 11.3 Å². The van der Waals surface area contributed by atoms with Crippen LogP contribution in [0.1, 0.15) is 25.0 Å². The van der Waals surface area contributed by atoms with Crippen molar-refractivity contribution in [1.82, 2.24) is 15.1 Å². The van der Waals surface area contributed by atoms with Crippen molar-refractivity contribution in [2.24, 2.45) is 0 Å². The Bertz CT molecular complexity index is 554. The lowest BCUT2D eigenvalue weighted by molar-refractivity contribution is -0.130. The number of aryl methyl sites for hydroxylation is 1. The minimum atomic E-state index is -0.786. The summed E-state index contributed by atoms with van der Waals surface area (Å²) in [5, 5.41) is 2.69. The van der Waals surface area contributed by atoms with Gasteiger partial charge in [0.15, 0.2) is 0 Å². The third-order valence-corrected chi connectivity index (χ3v) is 3.85. The van der Waals surface area contributed by atoms with Crippen molar-refractivity contribution >= 4 is 11.9 Å². The molecule has 0 unspecified atom stereocenters. The molecule has 114 valence electrons. The van der Waals surface area contributed by atoms with Gasteiger partial charge in [-0.1, -0.05) is 24.3 Å². The average Bonchev–Trinajstić information content (AvgIpc) is 2.59. The smallest absolute Gasteiger partial charge is 0.324 e. The fraction of sp³-hybridized carbons (Fsp3) is 0.500. The molecule has 5 heteroatoms. The van der Waals surface area contributed by atoms with Crippen molar-refractivity contribution in [3.8, 4) is 0 Å². The molecule has 0 saturated carbocycles. The van der Waals surface area contributed by atoms with Gasteiger partial charge in [-0.05, 0) is 38.9 Å². The summed E-state index contributed by atoms with van der Waals surface area (Å²) >= 11 is 0. The largest absolute Gasteiger partial charge is 0.325 e. The monoisotopic (exact) mass is 289 g/mol. The van der Waals surface area contributed by atoms with E-state index in [4.69, 9.17) is 0 Å².